The molecule has 8 heteroatoms. The third kappa shape index (κ3) is 5.90. The Labute approximate surface area is 167 Å². The first-order valence-corrected chi connectivity index (χ1v) is 9.85. The largest absolute Gasteiger partial charge is 0.505 e. The average Bonchev–Trinajstić information content (AvgIpc) is 2.65. The van der Waals surface area contributed by atoms with Crippen molar-refractivity contribution >= 4 is 21.8 Å². The zero-order chi connectivity index (χ0) is 19.8. The number of unbranched alkanes of at least 4 members (excludes halogenated alkanes) is 1. The van der Waals surface area contributed by atoms with E-state index in [1.807, 2.05) is 0 Å². The van der Waals surface area contributed by atoms with E-state index in [0.29, 0.717) is 12.2 Å². The van der Waals surface area contributed by atoms with Crippen LogP contribution in [-0.4, -0.2) is 51.9 Å². The van der Waals surface area contributed by atoms with Gasteiger partial charge in [0.15, 0.2) is 11.4 Å². The van der Waals surface area contributed by atoms with Crippen molar-refractivity contribution in [2.24, 2.45) is 0 Å². The van der Waals surface area contributed by atoms with E-state index in [1.54, 1.807) is 24.3 Å². The second-order valence-electron chi connectivity index (χ2n) is 6.09. The highest BCUT2D eigenvalue weighted by Crippen LogP contribution is 2.15. The number of carbonyl (C=O) groups is 1. The van der Waals surface area contributed by atoms with Gasteiger partial charge in [0, 0.05) is 17.1 Å². The van der Waals surface area contributed by atoms with Gasteiger partial charge in [-0.3, -0.25) is 9.59 Å². The number of rotatable bonds is 9. The summed E-state index contributed by atoms with van der Waals surface area (Å²) in [5.41, 5.74) is -0.164. The molecule has 1 amide bonds. The number of carbonyl (C=O) groups excluding carboxylic acids is 1. The van der Waals surface area contributed by atoms with Gasteiger partial charge in [-0.1, -0.05) is 29.8 Å². The van der Waals surface area contributed by atoms with E-state index in [2.05, 4.69) is 45.1 Å². The Hall–Kier alpha value is -2.19. The van der Waals surface area contributed by atoms with Gasteiger partial charge in [0.2, 0.25) is 0 Å². The molecule has 0 bridgehead atoms. The lowest BCUT2D eigenvalue weighted by Gasteiger charge is -2.17. The Morgan fingerprint density at radius 3 is 2.52 bits per heavy atom. The smallest absolute Gasteiger partial charge is 0.275 e. The van der Waals surface area contributed by atoms with E-state index >= 15 is 0 Å². The molecule has 2 aromatic rings. The predicted octanol–water partition coefficient (Wildman–Crippen LogP) is 2.55. The molecule has 0 fully saturated rings. The minimum absolute atomic E-state index is 0.165. The summed E-state index contributed by atoms with van der Waals surface area (Å²) in [5.74, 6) is -0.921. The molecule has 0 unspecified atom stereocenters. The molecule has 2 N–H and O–H groups in total. The van der Waals surface area contributed by atoms with E-state index in [9.17, 15) is 14.7 Å². The minimum Gasteiger partial charge on any atom is -0.505 e. The van der Waals surface area contributed by atoms with Gasteiger partial charge >= 0.3 is 0 Å². The summed E-state index contributed by atoms with van der Waals surface area (Å²) in [4.78, 5) is 26.8. The molecule has 0 saturated heterocycles. The summed E-state index contributed by atoms with van der Waals surface area (Å²) < 4.78 is 1.96. The van der Waals surface area contributed by atoms with Crippen molar-refractivity contribution in [3.63, 3.8) is 0 Å². The number of hydrogen-bond acceptors (Lipinski definition) is 5. The molecular weight excluding hydrogens is 412 g/mol. The average molecular weight is 437 g/mol. The summed E-state index contributed by atoms with van der Waals surface area (Å²) in [5, 5.41) is 16.8. The Morgan fingerprint density at radius 1 is 1.22 bits per heavy atom. The van der Waals surface area contributed by atoms with Crippen molar-refractivity contribution < 1.29 is 9.90 Å². The molecule has 7 nitrogen and oxygen atoms in total. The zero-order valence-corrected chi connectivity index (χ0v) is 17.2. The fourth-order valence-corrected chi connectivity index (χ4v) is 2.93. The third-order valence-corrected chi connectivity index (χ3v) is 4.81. The van der Waals surface area contributed by atoms with Gasteiger partial charge in [0.1, 0.15) is 0 Å². The second-order valence-corrected chi connectivity index (χ2v) is 7.01. The zero-order valence-electron chi connectivity index (χ0n) is 15.6. The summed E-state index contributed by atoms with van der Waals surface area (Å²) >= 11 is 3.33. The first kappa shape index (κ1) is 21.1. The van der Waals surface area contributed by atoms with Crippen molar-refractivity contribution in [2.45, 2.75) is 26.7 Å². The normalized spacial score (nSPS) is 11.0. The first-order valence-electron chi connectivity index (χ1n) is 9.06. The van der Waals surface area contributed by atoms with Crippen LogP contribution in [0.3, 0.4) is 0 Å². The molecule has 1 heterocycles. The lowest BCUT2D eigenvalue weighted by atomic mass is 10.2. The molecule has 0 saturated carbocycles. The summed E-state index contributed by atoms with van der Waals surface area (Å²) in [7, 11) is 0. The number of nitrogens with one attached hydrogen (secondary N) is 1. The van der Waals surface area contributed by atoms with Crippen LogP contribution in [0.15, 0.2) is 39.6 Å². The van der Waals surface area contributed by atoms with Gasteiger partial charge in [-0.15, -0.1) is 0 Å². The van der Waals surface area contributed by atoms with Gasteiger partial charge in [0.05, 0.1) is 5.69 Å². The van der Waals surface area contributed by atoms with Crippen LogP contribution >= 0.6 is 15.9 Å². The van der Waals surface area contributed by atoms with Crippen molar-refractivity contribution in [2.75, 3.05) is 26.2 Å². The molecule has 0 radical (unpaired) electrons. The SMILES string of the molecule is CCN(CC)CCCCNC(=O)c1nn(-c2ccc(Br)cc2)c(=O)cc1O. The van der Waals surface area contributed by atoms with Crippen LogP contribution < -0.4 is 10.9 Å². The number of halogens is 1. The van der Waals surface area contributed by atoms with Crippen LogP contribution in [0.5, 0.6) is 5.75 Å². The van der Waals surface area contributed by atoms with Crippen molar-refractivity contribution in [3.8, 4) is 11.4 Å². The molecule has 1 aromatic heterocycles. The van der Waals surface area contributed by atoms with Crippen LogP contribution in [0.2, 0.25) is 0 Å². The van der Waals surface area contributed by atoms with Crippen molar-refractivity contribution in [3.05, 3.63) is 50.9 Å². The molecule has 0 aliphatic rings. The van der Waals surface area contributed by atoms with Crippen molar-refractivity contribution in [1.82, 2.24) is 20.0 Å². The number of amides is 1. The quantitative estimate of drug-likeness (QED) is 0.589. The van der Waals surface area contributed by atoms with Gasteiger partial charge in [-0.25, -0.2) is 0 Å². The van der Waals surface area contributed by atoms with Gasteiger partial charge < -0.3 is 15.3 Å². The van der Waals surface area contributed by atoms with Crippen LogP contribution in [0.1, 0.15) is 37.2 Å². The number of benzene rings is 1. The highest BCUT2D eigenvalue weighted by atomic mass is 79.9. The van der Waals surface area contributed by atoms with E-state index < -0.39 is 17.2 Å². The molecule has 0 atom stereocenters. The molecule has 0 aliphatic heterocycles. The number of hydrogen-bond donors (Lipinski definition) is 2. The summed E-state index contributed by atoms with van der Waals surface area (Å²) in [6.45, 7) is 7.75. The molecule has 27 heavy (non-hydrogen) atoms. The lowest BCUT2D eigenvalue weighted by molar-refractivity contribution is 0.0942. The molecule has 0 spiro atoms. The van der Waals surface area contributed by atoms with E-state index in [4.69, 9.17) is 0 Å². The summed E-state index contributed by atoms with van der Waals surface area (Å²) in [6, 6.07) is 7.94. The number of nitrogens with zero attached hydrogens (tertiary/aromatic N) is 3. The van der Waals surface area contributed by atoms with Crippen LogP contribution in [0, 0.1) is 0 Å². The van der Waals surface area contributed by atoms with E-state index in [0.717, 1.165) is 47.7 Å². The predicted molar refractivity (Wildman–Crippen MR) is 109 cm³/mol. The first-order chi connectivity index (χ1) is 13.0. The highest BCUT2D eigenvalue weighted by molar-refractivity contribution is 9.10. The topological polar surface area (TPSA) is 87.5 Å². The van der Waals surface area contributed by atoms with Crippen LogP contribution in [0.25, 0.3) is 5.69 Å². The fourth-order valence-electron chi connectivity index (χ4n) is 2.66. The Bertz CT molecular complexity index is 817. The third-order valence-electron chi connectivity index (χ3n) is 4.28. The minimum atomic E-state index is -0.509. The Balaban J connectivity index is 2.02. The molecule has 146 valence electrons. The van der Waals surface area contributed by atoms with Crippen molar-refractivity contribution in [1.29, 1.82) is 0 Å². The molecular formula is C19H25BrN4O3. The standard InChI is InChI=1S/C19H25BrN4O3/c1-3-23(4-2)12-6-5-11-21-19(27)18-16(25)13-17(26)24(22-18)15-9-7-14(20)8-10-15/h7-10,13,25H,3-6,11-12H2,1-2H3,(H,21,27). The van der Waals surface area contributed by atoms with Crippen LogP contribution in [-0.2, 0) is 0 Å². The highest BCUT2D eigenvalue weighted by Gasteiger charge is 2.16. The Morgan fingerprint density at radius 2 is 1.89 bits per heavy atom. The van der Waals surface area contributed by atoms with Gasteiger partial charge in [0.25, 0.3) is 11.5 Å². The molecule has 0 aliphatic carbocycles. The van der Waals surface area contributed by atoms with Gasteiger partial charge in [-0.2, -0.15) is 9.78 Å². The maximum atomic E-state index is 12.4. The van der Waals surface area contributed by atoms with E-state index in [-0.39, 0.29) is 5.69 Å². The maximum Gasteiger partial charge on any atom is 0.275 e. The maximum absolute atomic E-state index is 12.4. The second kappa shape index (κ2) is 10.2. The number of aromatic nitrogens is 2. The monoisotopic (exact) mass is 436 g/mol. The van der Waals surface area contributed by atoms with E-state index in [1.165, 1.54) is 0 Å². The number of aromatic hydroxyl groups is 1. The molecule has 2 rings (SSSR count). The molecule has 1 aromatic carbocycles. The fraction of sp³-hybridized carbons (Fsp3) is 0.421. The van der Waals surface area contributed by atoms with Crippen LogP contribution in [0.4, 0.5) is 0 Å². The summed E-state index contributed by atoms with van der Waals surface area (Å²) in [6.07, 6.45) is 1.80. The lowest BCUT2D eigenvalue weighted by Crippen LogP contribution is -2.30. The Kier molecular flexibility index (Phi) is 7.99. The van der Waals surface area contributed by atoms with Gasteiger partial charge in [-0.05, 0) is 56.7 Å².